The summed E-state index contributed by atoms with van der Waals surface area (Å²) in [7, 11) is 0. The van der Waals surface area contributed by atoms with Crippen LogP contribution in [0.1, 0.15) is 0 Å². The SMILES string of the molecule is FC(F)(F)C(F)(N1O[C@@]1(F)C(F)(F)F)C(F)(F)F. The summed E-state index contributed by atoms with van der Waals surface area (Å²) in [5, 5.41) is -2.46. The lowest BCUT2D eigenvalue weighted by molar-refractivity contribution is -0.394. The van der Waals surface area contributed by atoms with Crippen LogP contribution in [-0.2, 0) is 4.84 Å². The second kappa shape index (κ2) is 3.37. The van der Waals surface area contributed by atoms with E-state index in [1.54, 1.807) is 0 Å². The molecule has 0 spiro atoms. The van der Waals surface area contributed by atoms with E-state index in [-0.39, 0.29) is 0 Å². The predicted molar refractivity (Wildman–Crippen MR) is 28.8 cm³/mol. The van der Waals surface area contributed by atoms with Gasteiger partial charge in [0.25, 0.3) is 0 Å². The Bertz CT molecular complexity index is 327. The van der Waals surface area contributed by atoms with E-state index in [0.717, 1.165) is 0 Å². The number of hydroxylamine groups is 2. The lowest BCUT2D eigenvalue weighted by Gasteiger charge is -2.29. The molecule has 0 saturated carbocycles. The van der Waals surface area contributed by atoms with Crippen LogP contribution in [0.25, 0.3) is 0 Å². The van der Waals surface area contributed by atoms with E-state index >= 15 is 0 Å². The maximum Gasteiger partial charge on any atom is 0.468 e. The molecule has 13 heteroatoms. The van der Waals surface area contributed by atoms with Crippen molar-refractivity contribution >= 4 is 0 Å². The quantitative estimate of drug-likeness (QED) is 0.420. The lowest BCUT2D eigenvalue weighted by Crippen LogP contribution is -2.61. The van der Waals surface area contributed by atoms with Crippen molar-refractivity contribution in [3.63, 3.8) is 0 Å². The topological polar surface area (TPSA) is 15.5 Å². The number of rotatable bonds is 1. The van der Waals surface area contributed by atoms with Gasteiger partial charge in [0.05, 0.1) is 0 Å². The van der Waals surface area contributed by atoms with Gasteiger partial charge in [0.2, 0.25) is 0 Å². The zero-order valence-corrected chi connectivity index (χ0v) is 7.51. The summed E-state index contributed by atoms with van der Waals surface area (Å²) in [4.78, 5) is 2.51. The third-order valence-corrected chi connectivity index (χ3v) is 1.82. The molecule has 1 unspecified atom stereocenters. The minimum Gasteiger partial charge on any atom is -0.225 e. The van der Waals surface area contributed by atoms with Crippen LogP contribution in [-0.4, -0.2) is 35.4 Å². The fourth-order valence-corrected chi connectivity index (χ4v) is 0.920. The first-order valence-corrected chi connectivity index (χ1v) is 3.66. The molecule has 0 bridgehead atoms. The summed E-state index contributed by atoms with van der Waals surface area (Å²) in [6.45, 7) is 0. The molecule has 2 atom stereocenters. The molecule has 108 valence electrons. The van der Waals surface area contributed by atoms with Crippen LogP contribution < -0.4 is 0 Å². The first-order chi connectivity index (χ1) is 7.59. The highest BCUT2D eigenvalue weighted by Crippen LogP contribution is 2.61. The molecule has 2 nitrogen and oxygen atoms in total. The van der Waals surface area contributed by atoms with E-state index in [4.69, 9.17) is 0 Å². The molecule has 0 amide bonds. The Kier molecular flexibility index (Phi) is 2.85. The second-order valence-electron chi connectivity index (χ2n) is 3.06. The van der Waals surface area contributed by atoms with Crippen molar-refractivity contribution in [2.45, 2.75) is 30.3 Å². The molecule has 1 rings (SSSR count). The number of nitrogens with zero attached hydrogens (tertiary/aromatic N) is 1. The average Bonchev–Trinajstić information content (AvgIpc) is 2.73. The lowest BCUT2D eigenvalue weighted by atomic mass is 10.2. The van der Waals surface area contributed by atoms with Crippen molar-refractivity contribution in [1.29, 1.82) is 0 Å². The summed E-state index contributed by atoms with van der Waals surface area (Å²) in [6.07, 6.45) is -20.1. The van der Waals surface area contributed by atoms with E-state index in [9.17, 15) is 48.3 Å². The maximum absolute atomic E-state index is 12.8. The van der Waals surface area contributed by atoms with Crippen LogP contribution in [0, 0.1) is 0 Å². The largest absolute Gasteiger partial charge is 0.468 e. The molecular formula is C5F11NO. The molecule has 1 fully saturated rings. The van der Waals surface area contributed by atoms with Gasteiger partial charge in [0, 0.05) is 0 Å². The molecule has 0 N–H and O–H groups in total. The summed E-state index contributed by atoms with van der Waals surface area (Å²) in [6, 6.07) is 0. The van der Waals surface area contributed by atoms with Gasteiger partial charge in [-0.1, -0.05) is 5.06 Å². The Balaban J connectivity index is 3.21. The Hall–Kier alpha value is -0.850. The number of alkyl halides is 11. The molecule has 0 aromatic heterocycles. The fraction of sp³-hybridized carbons (Fsp3) is 1.00. The van der Waals surface area contributed by atoms with E-state index in [1.165, 1.54) is 0 Å². The van der Waals surface area contributed by atoms with Gasteiger partial charge in [-0.25, -0.2) is 9.23 Å². The summed E-state index contributed by atoms with van der Waals surface area (Å²) in [5.41, 5.74) is 0. The minimum atomic E-state index is -6.88. The highest BCUT2D eigenvalue weighted by Gasteiger charge is 2.92. The van der Waals surface area contributed by atoms with Crippen LogP contribution in [0.15, 0.2) is 0 Å². The van der Waals surface area contributed by atoms with Crippen molar-refractivity contribution in [3.05, 3.63) is 0 Å². The second-order valence-corrected chi connectivity index (χ2v) is 3.06. The first kappa shape index (κ1) is 15.2. The molecule has 1 aliphatic heterocycles. The summed E-state index contributed by atoms with van der Waals surface area (Å²) < 4.78 is 132. The van der Waals surface area contributed by atoms with Gasteiger partial charge < -0.3 is 0 Å². The normalized spacial score (nSPS) is 30.5. The summed E-state index contributed by atoms with van der Waals surface area (Å²) >= 11 is 0. The minimum absolute atomic E-state index is 2.46. The number of halogens is 11. The van der Waals surface area contributed by atoms with Crippen LogP contribution in [0.2, 0.25) is 0 Å². The van der Waals surface area contributed by atoms with Gasteiger partial charge in [0.15, 0.2) is 0 Å². The van der Waals surface area contributed by atoms with Crippen LogP contribution in [0.5, 0.6) is 0 Å². The van der Waals surface area contributed by atoms with Gasteiger partial charge in [-0.2, -0.15) is 43.9 Å². The third-order valence-electron chi connectivity index (χ3n) is 1.82. The Morgan fingerprint density at radius 3 is 1.22 bits per heavy atom. The van der Waals surface area contributed by atoms with Crippen molar-refractivity contribution in [3.8, 4) is 0 Å². The Morgan fingerprint density at radius 1 is 0.722 bits per heavy atom. The van der Waals surface area contributed by atoms with Gasteiger partial charge in [-0.05, 0) is 0 Å². The zero-order chi connectivity index (χ0) is 14.8. The third kappa shape index (κ3) is 1.79. The number of hydrogen-bond acceptors (Lipinski definition) is 2. The molecule has 0 aromatic carbocycles. The van der Waals surface area contributed by atoms with E-state index in [2.05, 4.69) is 4.84 Å². The van der Waals surface area contributed by atoms with E-state index in [0.29, 0.717) is 0 Å². The first-order valence-electron chi connectivity index (χ1n) is 3.66. The highest BCUT2D eigenvalue weighted by molar-refractivity contribution is 5.01. The van der Waals surface area contributed by atoms with E-state index in [1.807, 2.05) is 0 Å². The Labute approximate surface area is 89.8 Å². The molecule has 1 aliphatic rings. The van der Waals surface area contributed by atoms with Gasteiger partial charge in [0.1, 0.15) is 0 Å². The molecule has 1 heterocycles. The Morgan fingerprint density at radius 2 is 1.06 bits per heavy atom. The molecule has 18 heavy (non-hydrogen) atoms. The zero-order valence-electron chi connectivity index (χ0n) is 7.51. The van der Waals surface area contributed by atoms with Crippen LogP contribution in [0.4, 0.5) is 48.3 Å². The van der Waals surface area contributed by atoms with Crippen LogP contribution >= 0.6 is 0 Å². The van der Waals surface area contributed by atoms with Gasteiger partial charge in [-0.15, -0.1) is 0 Å². The van der Waals surface area contributed by atoms with Crippen molar-refractivity contribution < 1.29 is 53.1 Å². The fourth-order valence-electron chi connectivity index (χ4n) is 0.920. The van der Waals surface area contributed by atoms with Crippen molar-refractivity contribution in [2.24, 2.45) is 0 Å². The maximum atomic E-state index is 12.8. The average molecular weight is 299 g/mol. The monoisotopic (exact) mass is 299 g/mol. The molecule has 1 saturated heterocycles. The van der Waals surface area contributed by atoms with E-state index < -0.39 is 35.4 Å². The molecular weight excluding hydrogens is 299 g/mol. The van der Waals surface area contributed by atoms with Crippen molar-refractivity contribution in [1.82, 2.24) is 5.06 Å². The molecule has 0 radical (unpaired) electrons. The number of hydrogen-bond donors (Lipinski definition) is 0. The smallest absolute Gasteiger partial charge is 0.225 e. The van der Waals surface area contributed by atoms with Gasteiger partial charge >= 0.3 is 30.3 Å². The highest BCUT2D eigenvalue weighted by atomic mass is 19.4. The van der Waals surface area contributed by atoms with Crippen molar-refractivity contribution in [2.75, 3.05) is 0 Å². The van der Waals surface area contributed by atoms with Gasteiger partial charge in [-0.3, -0.25) is 0 Å². The summed E-state index contributed by atoms with van der Waals surface area (Å²) in [5.74, 6) is -12.1. The molecule has 0 aromatic rings. The molecule has 0 aliphatic carbocycles. The standard InChI is InChI=1S/C5F11NO/c6-1(2(7,8)9,3(10,11)12)17-5(16,18-17)4(13,14)15/t5-,17?/m1/s1. The van der Waals surface area contributed by atoms with Crippen LogP contribution in [0.3, 0.4) is 0 Å². The predicted octanol–water partition coefficient (Wildman–Crippen LogP) is 3.21.